The van der Waals surface area contributed by atoms with Crippen molar-refractivity contribution in [1.29, 1.82) is 0 Å². The van der Waals surface area contributed by atoms with Crippen LogP contribution in [0.1, 0.15) is 42.5 Å². The van der Waals surface area contributed by atoms with E-state index in [1.165, 1.54) is 6.42 Å². The SMILES string of the molecule is O=C(c1cccc(OC2CC2)c1)C1CC2CC2C1. The number of carbonyl (C=O) groups excluding carboxylic acids is 1. The van der Waals surface area contributed by atoms with E-state index < -0.39 is 0 Å². The molecule has 0 saturated heterocycles. The van der Waals surface area contributed by atoms with E-state index >= 15 is 0 Å². The van der Waals surface area contributed by atoms with Crippen LogP contribution in [0.15, 0.2) is 24.3 Å². The molecule has 0 amide bonds. The maximum atomic E-state index is 12.4. The summed E-state index contributed by atoms with van der Waals surface area (Å²) in [6.45, 7) is 0. The summed E-state index contributed by atoms with van der Waals surface area (Å²) >= 11 is 0. The normalized spacial score (nSPS) is 33.0. The van der Waals surface area contributed by atoms with Crippen LogP contribution < -0.4 is 4.74 Å². The van der Waals surface area contributed by atoms with Gasteiger partial charge in [0.15, 0.2) is 5.78 Å². The third kappa shape index (κ3) is 1.94. The van der Waals surface area contributed by atoms with Crippen molar-refractivity contribution in [3.05, 3.63) is 29.8 Å². The zero-order valence-electron chi connectivity index (χ0n) is 10.5. The highest BCUT2D eigenvalue weighted by molar-refractivity contribution is 5.98. The molecule has 1 aromatic rings. The van der Waals surface area contributed by atoms with E-state index in [9.17, 15) is 4.79 Å². The number of ether oxygens (including phenoxy) is 1. The Hall–Kier alpha value is -1.31. The third-order valence-electron chi connectivity index (χ3n) is 4.56. The van der Waals surface area contributed by atoms with Gasteiger partial charge in [-0.05, 0) is 56.1 Å². The number of hydrogen-bond donors (Lipinski definition) is 0. The molecule has 4 rings (SSSR count). The number of Topliss-reactive ketones (excluding diaryl/α,β-unsaturated/α-hetero) is 1. The summed E-state index contributed by atoms with van der Waals surface area (Å²) in [6.07, 6.45) is 6.33. The summed E-state index contributed by atoms with van der Waals surface area (Å²) < 4.78 is 5.76. The highest BCUT2D eigenvalue weighted by Gasteiger charge is 2.47. The lowest BCUT2D eigenvalue weighted by Gasteiger charge is -2.11. The molecule has 3 saturated carbocycles. The molecule has 94 valence electrons. The van der Waals surface area contributed by atoms with Gasteiger partial charge in [0.25, 0.3) is 0 Å². The molecule has 2 heteroatoms. The van der Waals surface area contributed by atoms with Crippen molar-refractivity contribution in [2.45, 2.75) is 38.2 Å². The minimum Gasteiger partial charge on any atom is -0.490 e. The van der Waals surface area contributed by atoms with E-state index in [1.807, 2.05) is 24.3 Å². The molecule has 2 atom stereocenters. The van der Waals surface area contributed by atoms with Crippen LogP contribution in [-0.4, -0.2) is 11.9 Å². The Kier molecular flexibility index (Phi) is 2.26. The van der Waals surface area contributed by atoms with E-state index in [4.69, 9.17) is 4.74 Å². The van der Waals surface area contributed by atoms with Gasteiger partial charge in [0.05, 0.1) is 6.10 Å². The molecule has 0 radical (unpaired) electrons. The molecule has 3 aliphatic rings. The number of fused-ring (bicyclic) bond motifs is 1. The van der Waals surface area contributed by atoms with Gasteiger partial charge in [-0.25, -0.2) is 0 Å². The Labute approximate surface area is 107 Å². The molecule has 18 heavy (non-hydrogen) atoms. The lowest BCUT2D eigenvalue weighted by molar-refractivity contribution is 0.0914. The number of benzene rings is 1. The predicted molar refractivity (Wildman–Crippen MR) is 68.7 cm³/mol. The van der Waals surface area contributed by atoms with Crippen LogP contribution in [0.5, 0.6) is 5.75 Å². The van der Waals surface area contributed by atoms with Crippen LogP contribution in [0.4, 0.5) is 0 Å². The van der Waals surface area contributed by atoms with Crippen LogP contribution in [0, 0.1) is 17.8 Å². The van der Waals surface area contributed by atoms with Gasteiger partial charge in [-0.15, -0.1) is 0 Å². The monoisotopic (exact) mass is 242 g/mol. The Bertz CT molecular complexity index is 480. The molecular formula is C16H18O2. The van der Waals surface area contributed by atoms with Crippen molar-refractivity contribution < 1.29 is 9.53 Å². The quantitative estimate of drug-likeness (QED) is 0.756. The van der Waals surface area contributed by atoms with Crippen molar-refractivity contribution in [3.63, 3.8) is 0 Å². The van der Waals surface area contributed by atoms with E-state index in [0.29, 0.717) is 11.9 Å². The summed E-state index contributed by atoms with van der Waals surface area (Å²) in [6, 6.07) is 7.78. The van der Waals surface area contributed by atoms with Gasteiger partial charge in [-0.2, -0.15) is 0 Å². The van der Waals surface area contributed by atoms with Crippen molar-refractivity contribution in [2.75, 3.05) is 0 Å². The molecule has 0 N–H and O–H groups in total. The fraction of sp³-hybridized carbons (Fsp3) is 0.562. The lowest BCUT2D eigenvalue weighted by atomic mass is 9.93. The van der Waals surface area contributed by atoms with Crippen LogP contribution in [0.3, 0.4) is 0 Å². The zero-order chi connectivity index (χ0) is 12.1. The van der Waals surface area contributed by atoms with Crippen molar-refractivity contribution in [3.8, 4) is 5.75 Å². The second kappa shape index (κ2) is 3.84. The maximum Gasteiger partial charge on any atom is 0.166 e. The zero-order valence-corrected chi connectivity index (χ0v) is 10.5. The second-order valence-corrected chi connectivity index (χ2v) is 6.13. The first kappa shape index (κ1) is 10.6. The van der Waals surface area contributed by atoms with E-state index in [-0.39, 0.29) is 5.92 Å². The van der Waals surface area contributed by atoms with Gasteiger partial charge in [0, 0.05) is 11.5 Å². The fourth-order valence-corrected chi connectivity index (χ4v) is 3.27. The minimum absolute atomic E-state index is 0.282. The Morgan fingerprint density at radius 2 is 1.89 bits per heavy atom. The molecule has 0 aliphatic heterocycles. The average molecular weight is 242 g/mol. The summed E-state index contributed by atoms with van der Waals surface area (Å²) in [7, 11) is 0. The molecule has 2 unspecified atom stereocenters. The third-order valence-corrected chi connectivity index (χ3v) is 4.56. The van der Waals surface area contributed by atoms with Gasteiger partial charge in [-0.3, -0.25) is 4.79 Å². The molecular weight excluding hydrogens is 224 g/mol. The molecule has 0 spiro atoms. The molecule has 3 aliphatic carbocycles. The van der Waals surface area contributed by atoms with Crippen LogP contribution in [0.25, 0.3) is 0 Å². The van der Waals surface area contributed by atoms with Gasteiger partial charge in [0.1, 0.15) is 5.75 Å². The first-order chi connectivity index (χ1) is 8.79. The number of carbonyl (C=O) groups is 1. The van der Waals surface area contributed by atoms with Crippen LogP contribution in [0.2, 0.25) is 0 Å². The number of rotatable bonds is 4. The summed E-state index contributed by atoms with van der Waals surface area (Å²) in [4.78, 5) is 12.4. The first-order valence-corrected chi connectivity index (χ1v) is 7.10. The van der Waals surface area contributed by atoms with E-state index in [1.54, 1.807) is 0 Å². The Morgan fingerprint density at radius 3 is 2.61 bits per heavy atom. The van der Waals surface area contributed by atoms with Crippen LogP contribution >= 0.6 is 0 Å². The Balaban J connectivity index is 1.50. The van der Waals surface area contributed by atoms with E-state index in [0.717, 1.165) is 48.8 Å². The molecule has 0 bridgehead atoms. The van der Waals surface area contributed by atoms with Crippen molar-refractivity contribution in [1.82, 2.24) is 0 Å². The van der Waals surface area contributed by atoms with Gasteiger partial charge < -0.3 is 4.74 Å². The van der Waals surface area contributed by atoms with Crippen molar-refractivity contribution in [2.24, 2.45) is 17.8 Å². The largest absolute Gasteiger partial charge is 0.490 e. The average Bonchev–Trinajstić information content (AvgIpc) is 3.30. The molecule has 0 heterocycles. The lowest BCUT2D eigenvalue weighted by Crippen LogP contribution is -2.13. The van der Waals surface area contributed by atoms with Gasteiger partial charge >= 0.3 is 0 Å². The summed E-state index contributed by atoms with van der Waals surface area (Å²) in [5.74, 6) is 3.22. The minimum atomic E-state index is 0.282. The second-order valence-electron chi connectivity index (χ2n) is 6.13. The highest BCUT2D eigenvalue weighted by atomic mass is 16.5. The fourth-order valence-electron chi connectivity index (χ4n) is 3.27. The molecule has 3 fully saturated rings. The maximum absolute atomic E-state index is 12.4. The number of hydrogen-bond acceptors (Lipinski definition) is 2. The first-order valence-electron chi connectivity index (χ1n) is 7.10. The Morgan fingerprint density at radius 1 is 1.11 bits per heavy atom. The molecule has 1 aromatic carbocycles. The number of ketones is 1. The predicted octanol–water partition coefficient (Wildman–Crippen LogP) is 3.46. The van der Waals surface area contributed by atoms with E-state index in [2.05, 4.69) is 0 Å². The highest BCUT2D eigenvalue weighted by Crippen LogP contribution is 2.54. The van der Waals surface area contributed by atoms with Gasteiger partial charge in [0.2, 0.25) is 0 Å². The van der Waals surface area contributed by atoms with Crippen LogP contribution in [-0.2, 0) is 0 Å². The molecule has 2 nitrogen and oxygen atoms in total. The standard InChI is InChI=1S/C16H18O2/c17-16(13-7-11-6-12(11)8-13)10-2-1-3-15(9-10)18-14-4-5-14/h1-3,9,11-14H,4-8H2. The van der Waals surface area contributed by atoms with Gasteiger partial charge in [-0.1, -0.05) is 12.1 Å². The summed E-state index contributed by atoms with van der Waals surface area (Å²) in [5, 5.41) is 0. The molecule has 0 aromatic heterocycles. The topological polar surface area (TPSA) is 26.3 Å². The summed E-state index contributed by atoms with van der Waals surface area (Å²) in [5.41, 5.74) is 0.847. The van der Waals surface area contributed by atoms with Crippen molar-refractivity contribution >= 4 is 5.78 Å². The smallest absolute Gasteiger partial charge is 0.166 e.